The van der Waals surface area contributed by atoms with Crippen molar-refractivity contribution in [2.24, 2.45) is 0 Å². The SMILES string of the molecule is COc1ccc(N2CCN(C(=O)CNc3ccccc3C(C)(C)C)CC2)cc1. The molecule has 2 aromatic rings. The van der Waals surface area contributed by atoms with Gasteiger partial charge in [-0.05, 0) is 41.3 Å². The number of ether oxygens (including phenoxy) is 1. The van der Waals surface area contributed by atoms with Crippen LogP contribution in [0.25, 0.3) is 0 Å². The number of para-hydroxylation sites is 1. The highest BCUT2D eigenvalue weighted by Crippen LogP contribution is 2.29. The summed E-state index contributed by atoms with van der Waals surface area (Å²) in [4.78, 5) is 16.9. The number of methoxy groups -OCH3 is 1. The highest BCUT2D eigenvalue weighted by atomic mass is 16.5. The maximum atomic E-state index is 12.7. The highest BCUT2D eigenvalue weighted by Gasteiger charge is 2.22. The molecular formula is C23H31N3O2. The first-order valence-corrected chi connectivity index (χ1v) is 9.88. The van der Waals surface area contributed by atoms with Gasteiger partial charge in [0.1, 0.15) is 5.75 Å². The van der Waals surface area contributed by atoms with Crippen LogP contribution >= 0.6 is 0 Å². The summed E-state index contributed by atoms with van der Waals surface area (Å²) < 4.78 is 5.22. The summed E-state index contributed by atoms with van der Waals surface area (Å²) in [6.07, 6.45) is 0. The number of carbonyl (C=O) groups excluding carboxylic acids is 1. The van der Waals surface area contributed by atoms with Crippen LogP contribution in [0, 0.1) is 0 Å². The van der Waals surface area contributed by atoms with E-state index in [2.05, 4.69) is 55.3 Å². The molecule has 150 valence electrons. The number of nitrogens with zero attached hydrogens (tertiary/aromatic N) is 2. The van der Waals surface area contributed by atoms with Gasteiger partial charge in [0.05, 0.1) is 13.7 Å². The Balaban J connectivity index is 1.53. The average Bonchev–Trinajstić information content (AvgIpc) is 2.72. The van der Waals surface area contributed by atoms with Gasteiger partial charge in [0.15, 0.2) is 0 Å². The Kier molecular flexibility index (Phi) is 6.12. The Bertz CT molecular complexity index is 788. The molecule has 1 aliphatic rings. The molecule has 0 atom stereocenters. The van der Waals surface area contributed by atoms with E-state index in [0.29, 0.717) is 6.54 Å². The summed E-state index contributed by atoms with van der Waals surface area (Å²) >= 11 is 0. The smallest absolute Gasteiger partial charge is 0.241 e. The predicted octanol–water partition coefficient (Wildman–Crippen LogP) is 3.75. The lowest BCUT2D eigenvalue weighted by Gasteiger charge is -2.36. The van der Waals surface area contributed by atoms with E-state index in [-0.39, 0.29) is 11.3 Å². The summed E-state index contributed by atoms with van der Waals surface area (Å²) in [6.45, 7) is 10.1. The van der Waals surface area contributed by atoms with Crippen molar-refractivity contribution in [2.75, 3.05) is 50.1 Å². The Morgan fingerprint density at radius 1 is 1.00 bits per heavy atom. The Hall–Kier alpha value is -2.69. The Morgan fingerprint density at radius 3 is 2.25 bits per heavy atom. The van der Waals surface area contributed by atoms with E-state index in [4.69, 9.17) is 4.74 Å². The van der Waals surface area contributed by atoms with Crippen molar-refractivity contribution in [2.45, 2.75) is 26.2 Å². The van der Waals surface area contributed by atoms with Crippen LogP contribution in [-0.2, 0) is 10.2 Å². The van der Waals surface area contributed by atoms with Crippen LogP contribution in [0.4, 0.5) is 11.4 Å². The zero-order chi connectivity index (χ0) is 20.1. The fourth-order valence-corrected chi connectivity index (χ4v) is 3.58. The molecule has 28 heavy (non-hydrogen) atoms. The lowest BCUT2D eigenvalue weighted by Crippen LogP contribution is -2.50. The molecule has 0 saturated carbocycles. The van der Waals surface area contributed by atoms with E-state index in [9.17, 15) is 4.79 Å². The van der Waals surface area contributed by atoms with Crippen LogP contribution in [-0.4, -0.2) is 50.6 Å². The number of anilines is 2. The molecule has 1 aliphatic heterocycles. The maximum absolute atomic E-state index is 12.7. The van der Waals surface area contributed by atoms with E-state index in [0.717, 1.165) is 37.6 Å². The minimum atomic E-state index is 0.0383. The van der Waals surface area contributed by atoms with Gasteiger partial charge < -0.3 is 19.9 Å². The molecule has 5 heteroatoms. The number of amides is 1. The molecule has 5 nitrogen and oxygen atoms in total. The zero-order valence-electron chi connectivity index (χ0n) is 17.4. The molecule has 3 rings (SSSR count). The number of benzene rings is 2. The van der Waals surface area contributed by atoms with Crippen molar-refractivity contribution in [3.8, 4) is 5.75 Å². The molecule has 1 saturated heterocycles. The zero-order valence-corrected chi connectivity index (χ0v) is 17.4. The molecule has 1 fully saturated rings. The van der Waals surface area contributed by atoms with Gasteiger partial charge in [-0.3, -0.25) is 4.79 Å². The summed E-state index contributed by atoms with van der Waals surface area (Å²) in [6, 6.07) is 16.3. The van der Waals surface area contributed by atoms with Gasteiger partial charge in [0.2, 0.25) is 5.91 Å². The van der Waals surface area contributed by atoms with Crippen LogP contribution in [0.5, 0.6) is 5.75 Å². The van der Waals surface area contributed by atoms with E-state index < -0.39 is 0 Å². The quantitative estimate of drug-likeness (QED) is 0.857. The third-order valence-corrected chi connectivity index (χ3v) is 5.24. The second kappa shape index (κ2) is 8.55. The number of rotatable bonds is 5. The van der Waals surface area contributed by atoms with Gasteiger partial charge >= 0.3 is 0 Å². The molecule has 0 aromatic heterocycles. The van der Waals surface area contributed by atoms with Gasteiger partial charge in [0, 0.05) is 37.6 Å². The number of hydrogen-bond donors (Lipinski definition) is 1. The third-order valence-electron chi connectivity index (χ3n) is 5.24. The van der Waals surface area contributed by atoms with E-state index in [1.54, 1.807) is 7.11 Å². The predicted molar refractivity (Wildman–Crippen MR) is 115 cm³/mol. The molecule has 0 aliphatic carbocycles. The van der Waals surface area contributed by atoms with E-state index in [1.165, 1.54) is 11.3 Å². The van der Waals surface area contributed by atoms with E-state index >= 15 is 0 Å². The lowest BCUT2D eigenvalue weighted by atomic mass is 9.86. The minimum absolute atomic E-state index is 0.0383. The van der Waals surface area contributed by atoms with E-state index in [1.807, 2.05) is 29.2 Å². The topological polar surface area (TPSA) is 44.8 Å². The molecule has 2 aromatic carbocycles. The van der Waals surface area contributed by atoms with Gasteiger partial charge in [-0.25, -0.2) is 0 Å². The second-order valence-electron chi connectivity index (χ2n) is 8.21. The van der Waals surface area contributed by atoms with Crippen LogP contribution in [0.3, 0.4) is 0 Å². The van der Waals surface area contributed by atoms with Crippen LogP contribution in [0.2, 0.25) is 0 Å². The number of nitrogens with one attached hydrogen (secondary N) is 1. The van der Waals surface area contributed by atoms with Crippen LogP contribution < -0.4 is 15.0 Å². The van der Waals surface area contributed by atoms with Gasteiger partial charge in [-0.1, -0.05) is 39.0 Å². The van der Waals surface area contributed by atoms with Gasteiger partial charge in [-0.2, -0.15) is 0 Å². The monoisotopic (exact) mass is 381 g/mol. The third kappa shape index (κ3) is 4.77. The van der Waals surface area contributed by atoms with Crippen molar-refractivity contribution in [3.05, 3.63) is 54.1 Å². The summed E-state index contributed by atoms with van der Waals surface area (Å²) in [5.41, 5.74) is 3.48. The fraction of sp³-hybridized carbons (Fsp3) is 0.435. The van der Waals surface area contributed by atoms with Crippen molar-refractivity contribution in [1.82, 2.24) is 4.90 Å². The Labute approximate surface area is 168 Å². The number of piperazine rings is 1. The first-order chi connectivity index (χ1) is 13.4. The van der Waals surface area contributed by atoms with Gasteiger partial charge in [0.25, 0.3) is 0 Å². The summed E-state index contributed by atoms with van der Waals surface area (Å²) in [5.74, 6) is 1.01. The van der Waals surface area contributed by atoms with Crippen LogP contribution in [0.1, 0.15) is 26.3 Å². The molecule has 0 spiro atoms. The van der Waals surface area contributed by atoms with Crippen molar-refractivity contribution >= 4 is 17.3 Å². The van der Waals surface area contributed by atoms with Crippen molar-refractivity contribution in [3.63, 3.8) is 0 Å². The van der Waals surface area contributed by atoms with Crippen molar-refractivity contribution < 1.29 is 9.53 Å². The molecule has 0 bridgehead atoms. The normalized spacial score (nSPS) is 14.7. The molecule has 1 heterocycles. The standard InChI is InChI=1S/C23H31N3O2/c1-23(2,3)20-7-5-6-8-21(20)24-17-22(27)26-15-13-25(14-16-26)18-9-11-19(28-4)12-10-18/h5-12,24H,13-17H2,1-4H3. The molecule has 1 N–H and O–H groups in total. The first kappa shape index (κ1) is 20.1. The van der Waals surface area contributed by atoms with Crippen molar-refractivity contribution in [1.29, 1.82) is 0 Å². The number of carbonyl (C=O) groups is 1. The lowest BCUT2D eigenvalue weighted by molar-refractivity contribution is -0.129. The number of hydrogen-bond acceptors (Lipinski definition) is 4. The first-order valence-electron chi connectivity index (χ1n) is 9.88. The largest absolute Gasteiger partial charge is 0.497 e. The highest BCUT2D eigenvalue weighted by molar-refractivity contribution is 5.81. The molecule has 0 unspecified atom stereocenters. The Morgan fingerprint density at radius 2 is 1.64 bits per heavy atom. The summed E-state index contributed by atoms with van der Waals surface area (Å²) in [5, 5.41) is 3.35. The van der Waals surface area contributed by atoms with Crippen LogP contribution in [0.15, 0.2) is 48.5 Å². The average molecular weight is 382 g/mol. The molecule has 1 amide bonds. The fourth-order valence-electron chi connectivity index (χ4n) is 3.58. The minimum Gasteiger partial charge on any atom is -0.497 e. The summed E-state index contributed by atoms with van der Waals surface area (Å²) in [7, 11) is 1.67. The molecular weight excluding hydrogens is 350 g/mol. The maximum Gasteiger partial charge on any atom is 0.241 e. The second-order valence-corrected chi connectivity index (χ2v) is 8.21. The van der Waals surface area contributed by atoms with Gasteiger partial charge in [-0.15, -0.1) is 0 Å². The molecule has 0 radical (unpaired) electrons.